The number of thioether (sulfide) groups is 1. The molecular weight excluding hydrogens is 216 g/mol. The molecule has 1 heterocycles. The summed E-state index contributed by atoms with van der Waals surface area (Å²) in [7, 11) is 1.66. The standard InChI is InChI=1S/C9H12N2O3S/c1-14-3-2-4-15-8-6-10-7(5-11-8)9(12)13/h5-6H,2-4H2,1H3,(H,12,13). The van der Waals surface area contributed by atoms with E-state index in [1.807, 2.05) is 0 Å². The van der Waals surface area contributed by atoms with E-state index in [9.17, 15) is 4.79 Å². The zero-order chi connectivity index (χ0) is 11.1. The van der Waals surface area contributed by atoms with E-state index < -0.39 is 5.97 Å². The normalized spacial score (nSPS) is 10.2. The second-order valence-corrected chi connectivity index (χ2v) is 3.86. The molecule has 1 N–H and O–H groups in total. The molecule has 0 atom stereocenters. The van der Waals surface area contributed by atoms with Gasteiger partial charge in [-0.15, -0.1) is 11.8 Å². The highest BCUT2D eigenvalue weighted by Crippen LogP contribution is 2.14. The summed E-state index contributed by atoms with van der Waals surface area (Å²) in [5.74, 6) is -0.173. The zero-order valence-electron chi connectivity index (χ0n) is 8.34. The highest BCUT2D eigenvalue weighted by atomic mass is 32.2. The van der Waals surface area contributed by atoms with Crippen LogP contribution in [0.15, 0.2) is 17.4 Å². The Balaban J connectivity index is 2.39. The van der Waals surface area contributed by atoms with Crippen molar-refractivity contribution in [3.05, 3.63) is 18.1 Å². The topological polar surface area (TPSA) is 72.3 Å². The molecule has 0 unspecified atom stereocenters. The van der Waals surface area contributed by atoms with Gasteiger partial charge in [0.1, 0.15) is 5.03 Å². The molecule has 0 bridgehead atoms. The first-order valence-electron chi connectivity index (χ1n) is 4.41. The molecule has 0 fully saturated rings. The predicted octanol–water partition coefficient (Wildman–Crippen LogP) is 1.30. The number of carbonyl (C=O) groups is 1. The van der Waals surface area contributed by atoms with Crippen molar-refractivity contribution in [3.8, 4) is 0 Å². The molecule has 1 rings (SSSR count). The molecule has 5 nitrogen and oxygen atoms in total. The maximum atomic E-state index is 10.5. The SMILES string of the molecule is COCCCSc1cnc(C(=O)O)cn1. The minimum atomic E-state index is -1.06. The van der Waals surface area contributed by atoms with Crippen LogP contribution in [-0.2, 0) is 4.74 Å². The second kappa shape index (κ2) is 6.36. The van der Waals surface area contributed by atoms with Gasteiger partial charge in [0.2, 0.25) is 0 Å². The Kier molecular flexibility index (Phi) is 5.06. The lowest BCUT2D eigenvalue weighted by atomic mass is 10.5. The molecule has 0 saturated heterocycles. The van der Waals surface area contributed by atoms with E-state index in [0.29, 0.717) is 6.61 Å². The molecular formula is C9H12N2O3S. The monoisotopic (exact) mass is 228 g/mol. The van der Waals surface area contributed by atoms with Crippen LogP contribution >= 0.6 is 11.8 Å². The van der Waals surface area contributed by atoms with Gasteiger partial charge in [-0.3, -0.25) is 0 Å². The fourth-order valence-electron chi connectivity index (χ4n) is 0.881. The van der Waals surface area contributed by atoms with Crippen LogP contribution in [0, 0.1) is 0 Å². The quantitative estimate of drug-likeness (QED) is 0.584. The molecule has 82 valence electrons. The fraction of sp³-hybridized carbons (Fsp3) is 0.444. The van der Waals surface area contributed by atoms with Crippen molar-refractivity contribution in [2.45, 2.75) is 11.4 Å². The van der Waals surface area contributed by atoms with Crippen LogP contribution in [0.5, 0.6) is 0 Å². The summed E-state index contributed by atoms with van der Waals surface area (Å²) in [4.78, 5) is 18.2. The van der Waals surface area contributed by atoms with Gasteiger partial charge in [-0.05, 0) is 6.42 Å². The number of aromatic nitrogens is 2. The Morgan fingerprint density at radius 1 is 1.53 bits per heavy atom. The van der Waals surface area contributed by atoms with Crippen LogP contribution in [0.4, 0.5) is 0 Å². The molecule has 1 aromatic rings. The molecule has 0 saturated carbocycles. The highest BCUT2D eigenvalue weighted by molar-refractivity contribution is 7.99. The average molecular weight is 228 g/mol. The summed E-state index contributed by atoms with van der Waals surface area (Å²) in [6.07, 6.45) is 3.67. The van der Waals surface area contributed by atoms with Gasteiger partial charge in [0.05, 0.1) is 12.4 Å². The molecule has 0 spiro atoms. The third-order valence-corrected chi connectivity index (χ3v) is 2.59. The van der Waals surface area contributed by atoms with Crippen molar-refractivity contribution in [2.75, 3.05) is 19.5 Å². The van der Waals surface area contributed by atoms with Gasteiger partial charge in [-0.1, -0.05) is 0 Å². The van der Waals surface area contributed by atoms with Gasteiger partial charge < -0.3 is 9.84 Å². The Morgan fingerprint density at radius 2 is 2.33 bits per heavy atom. The number of aromatic carboxylic acids is 1. The fourth-order valence-corrected chi connectivity index (χ4v) is 1.61. The van der Waals surface area contributed by atoms with E-state index in [-0.39, 0.29) is 5.69 Å². The lowest BCUT2D eigenvalue weighted by Crippen LogP contribution is -2.01. The van der Waals surface area contributed by atoms with Crippen molar-refractivity contribution in [3.63, 3.8) is 0 Å². The third-order valence-electron chi connectivity index (χ3n) is 1.59. The maximum Gasteiger partial charge on any atom is 0.356 e. The minimum absolute atomic E-state index is 0.0313. The molecule has 0 aliphatic carbocycles. The number of rotatable bonds is 6. The van der Waals surface area contributed by atoms with Crippen molar-refractivity contribution >= 4 is 17.7 Å². The number of carboxylic acid groups (broad SMARTS) is 1. The smallest absolute Gasteiger partial charge is 0.356 e. The van der Waals surface area contributed by atoms with Gasteiger partial charge in [-0.25, -0.2) is 14.8 Å². The minimum Gasteiger partial charge on any atom is -0.476 e. The van der Waals surface area contributed by atoms with Crippen molar-refractivity contribution in [1.29, 1.82) is 0 Å². The largest absolute Gasteiger partial charge is 0.476 e. The van der Waals surface area contributed by atoms with Crippen LogP contribution in [0.1, 0.15) is 16.9 Å². The first-order chi connectivity index (χ1) is 7.24. The Hall–Kier alpha value is -1.14. The van der Waals surface area contributed by atoms with Gasteiger partial charge in [-0.2, -0.15) is 0 Å². The van der Waals surface area contributed by atoms with Crippen LogP contribution < -0.4 is 0 Å². The molecule has 0 aromatic carbocycles. The lowest BCUT2D eigenvalue weighted by Gasteiger charge is -2.00. The van der Waals surface area contributed by atoms with Crippen LogP contribution in [-0.4, -0.2) is 40.5 Å². The molecule has 0 aliphatic rings. The number of ether oxygens (including phenoxy) is 1. The van der Waals surface area contributed by atoms with E-state index >= 15 is 0 Å². The predicted molar refractivity (Wildman–Crippen MR) is 56.2 cm³/mol. The van der Waals surface area contributed by atoms with Gasteiger partial charge in [0.25, 0.3) is 0 Å². The molecule has 0 aliphatic heterocycles. The van der Waals surface area contributed by atoms with E-state index in [1.165, 1.54) is 24.2 Å². The highest BCUT2D eigenvalue weighted by Gasteiger charge is 2.04. The summed E-state index contributed by atoms with van der Waals surface area (Å²) in [6, 6.07) is 0. The summed E-state index contributed by atoms with van der Waals surface area (Å²) in [5.41, 5.74) is -0.0313. The Morgan fingerprint density at radius 3 is 2.87 bits per heavy atom. The summed E-state index contributed by atoms with van der Waals surface area (Å²) in [5, 5.41) is 9.33. The van der Waals surface area contributed by atoms with Gasteiger partial charge in [0, 0.05) is 19.5 Å². The number of nitrogens with zero attached hydrogens (tertiary/aromatic N) is 2. The van der Waals surface area contributed by atoms with E-state index in [4.69, 9.17) is 9.84 Å². The van der Waals surface area contributed by atoms with Gasteiger partial charge in [0.15, 0.2) is 5.69 Å². The van der Waals surface area contributed by atoms with E-state index in [1.54, 1.807) is 7.11 Å². The van der Waals surface area contributed by atoms with E-state index in [2.05, 4.69) is 9.97 Å². The van der Waals surface area contributed by atoms with Gasteiger partial charge >= 0.3 is 5.97 Å². The summed E-state index contributed by atoms with van der Waals surface area (Å²) < 4.78 is 4.90. The Bertz CT molecular complexity index is 316. The lowest BCUT2D eigenvalue weighted by molar-refractivity contribution is 0.0689. The average Bonchev–Trinajstić information content (AvgIpc) is 2.25. The molecule has 6 heteroatoms. The van der Waals surface area contributed by atoms with Crippen LogP contribution in [0.3, 0.4) is 0 Å². The van der Waals surface area contributed by atoms with Crippen LogP contribution in [0.25, 0.3) is 0 Å². The zero-order valence-corrected chi connectivity index (χ0v) is 9.16. The van der Waals surface area contributed by atoms with Crippen molar-refractivity contribution < 1.29 is 14.6 Å². The Labute approximate surface area is 91.9 Å². The van der Waals surface area contributed by atoms with Crippen molar-refractivity contribution in [2.24, 2.45) is 0 Å². The third kappa shape index (κ3) is 4.26. The summed E-state index contributed by atoms with van der Waals surface area (Å²) in [6.45, 7) is 0.716. The first-order valence-corrected chi connectivity index (χ1v) is 5.39. The molecule has 0 radical (unpaired) electrons. The molecule has 0 amide bonds. The molecule has 15 heavy (non-hydrogen) atoms. The second-order valence-electron chi connectivity index (χ2n) is 2.74. The maximum absolute atomic E-state index is 10.5. The number of carboxylic acids is 1. The first kappa shape index (κ1) is 11.9. The molecule has 1 aromatic heterocycles. The van der Waals surface area contributed by atoms with E-state index in [0.717, 1.165) is 17.2 Å². The number of methoxy groups -OCH3 is 1. The number of hydrogen-bond acceptors (Lipinski definition) is 5. The van der Waals surface area contributed by atoms with Crippen LogP contribution in [0.2, 0.25) is 0 Å². The van der Waals surface area contributed by atoms with Crippen molar-refractivity contribution in [1.82, 2.24) is 9.97 Å². The summed E-state index contributed by atoms with van der Waals surface area (Å²) >= 11 is 1.53. The number of hydrogen-bond donors (Lipinski definition) is 1.